The summed E-state index contributed by atoms with van der Waals surface area (Å²) in [4.78, 5) is 20.9. The van der Waals surface area contributed by atoms with E-state index in [1.165, 1.54) is 18.2 Å². The van der Waals surface area contributed by atoms with Crippen LogP contribution in [-0.2, 0) is 27.5 Å². The van der Waals surface area contributed by atoms with Crippen LogP contribution in [0.1, 0.15) is 11.3 Å². The van der Waals surface area contributed by atoms with E-state index in [4.69, 9.17) is 4.89 Å². The Morgan fingerprint density at radius 3 is 2.59 bits per heavy atom. The Hall–Kier alpha value is -3.06. The molecule has 29 heavy (non-hydrogen) atoms. The molecule has 3 rings (SSSR count). The summed E-state index contributed by atoms with van der Waals surface area (Å²) in [5.74, 6) is -0.655. The molecule has 1 unspecified atom stereocenters. The summed E-state index contributed by atoms with van der Waals surface area (Å²) in [7, 11) is -1.22. The van der Waals surface area contributed by atoms with Crippen LogP contribution >= 0.6 is 8.25 Å². The van der Waals surface area contributed by atoms with Crippen molar-refractivity contribution in [2.24, 2.45) is 7.05 Å². The monoisotopic (exact) mass is 415 g/mol. The fraction of sp³-hybridized carbons (Fsp3) is 0.100. The van der Waals surface area contributed by atoms with Crippen molar-refractivity contribution in [3.63, 3.8) is 0 Å². The van der Waals surface area contributed by atoms with E-state index < -0.39 is 8.25 Å². The molecule has 0 aliphatic carbocycles. The van der Waals surface area contributed by atoms with Crippen LogP contribution in [0.2, 0.25) is 0 Å². The van der Waals surface area contributed by atoms with Gasteiger partial charge in [-0.05, 0) is 41.5 Å². The van der Waals surface area contributed by atoms with E-state index >= 15 is 0 Å². The molecule has 2 aromatic carbocycles. The van der Waals surface area contributed by atoms with Crippen LogP contribution in [-0.4, -0.2) is 20.6 Å². The van der Waals surface area contributed by atoms with Crippen LogP contribution < -0.4 is 5.32 Å². The Labute approximate surface area is 167 Å². The third-order valence-corrected chi connectivity index (χ3v) is 4.51. The average Bonchev–Trinajstić information content (AvgIpc) is 3.07. The molecule has 0 aliphatic heterocycles. The summed E-state index contributed by atoms with van der Waals surface area (Å²) in [6, 6.07) is 12.8. The van der Waals surface area contributed by atoms with Crippen molar-refractivity contribution >= 4 is 25.9 Å². The first-order chi connectivity index (χ1) is 13.9. The quantitative estimate of drug-likeness (QED) is 0.453. The first-order valence-corrected chi connectivity index (χ1v) is 9.90. The van der Waals surface area contributed by atoms with E-state index in [1.54, 1.807) is 60.4 Å². The van der Waals surface area contributed by atoms with Gasteiger partial charge in [-0.3, -0.25) is 14.0 Å². The second-order valence-electron chi connectivity index (χ2n) is 6.15. The number of anilines is 1. The minimum absolute atomic E-state index is 0.0229. The first-order valence-electron chi connectivity index (χ1n) is 8.64. The molecule has 0 bridgehead atoms. The molecular weight excluding hydrogens is 396 g/mol. The molecule has 0 fully saturated rings. The molecule has 3 aromatic rings. The number of nitrogens with zero attached hydrogens (tertiary/aromatic N) is 2. The summed E-state index contributed by atoms with van der Waals surface area (Å²) in [5, 5.41) is 6.94. The first kappa shape index (κ1) is 20.7. The van der Waals surface area contributed by atoms with E-state index in [2.05, 4.69) is 14.9 Å². The zero-order chi connectivity index (χ0) is 20.8. The Morgan fingerprint density at radius 2 is 1.93 bits per heavy atom. The van der Waals surface area contributed by atoms with Crippen molar-refractivity contribution in [1.29, 1.82) is 0 Å². The number of aryl methyl sites for hydroxylation is 1. The lowest BCUT2D eigenvalue weighted by Gasteiger charge is -2.05. The van der Waals surface area contributed by atoms with Gasteiger partial charge in [-0.2, -0.15) is 5.10 Å². The maximum Gasteiger partial charge on any atom is 0.316 e. The maximum atomic E-state index is 13.2. The van der Waals surface area contributed by atoms with Crippen molar-refractivity contribution in [2.75, 3.05) is 5.32 Å². The fourth-order valence-corrected chi connectivity index (χ4v) is 2.95. The molecule has 1 heterocycles. The Bertz CT molecular complexity index is 1050. The molecule has 1 atom stereocenters. The Morgan fingerprint density at radius 1 is 1.24 bits per heavy atom. The van der Waals surface area contributed by atoms with Crippen molar-refractivity contribution in [1.82, 2.24) is 9.78 Å². The number of rotatable bonds is 7. The lowest BCUT2D eigenvalue weighted by atomic mass is 10.1. The van der Waals surface area contributed by atoms with Gasteiger partial charge in [0.15, 0.2) is 0 Å². The molecule has 2 N–H and O–H groups in total. The molecule has 0 aliphatic rings. The van der Waals surface area contributed by atoms with E-state index in [0.29, 0.717) is 16.9 Å². The minimum atomic E-state index is -2.97. The van der Waals surface area contributed by atoms with Crippen LogP contribution in [0.5, 0.6) is 0 Å². The average molecular weight is 415 g/mol. The van der Waals surface area contributed by atoms with Crippen LogP contribution in [0.3, 0.4) is 0 Å². The molecule has 150 valence electrons. The number of hydrogen-bond acceptors (Lipinski definition) is 4. The maximum absolute atomic E-state index is 13.2. The number of hydrogen-bond donors (Lipinski definition) is 2. The molecular formula is C20H19FN3O4P. The van der Waals surface area contributed by atoms with Gasteiger partial charge >= 0.3 is 8.25 Å². The summed E-state index contributed by atoms with van der Waals surface area (Å²) in [5.41, 5.74) is 3.57. The summed E-state index contributed by atoms with van der Waals surface area (Å²) in [6.07, 6.45) is 4.69. The molecule has 0 saturated heterocycles. The third-order valence-electron chi connectivity index (χ3n) is 4.12. The molecule has 0 spiro atoms. The summed E-state index contributed by atoms with van der Waals surface area (Å²) < 4.78 is 30.0. The number of aromatic nitrogens is 2. The SMILES string of the molecule is Cn1ncc(-c2ccc(F)cc2)c1C=CC(=O)Nc1ccc(CO[PH](=O)O)cc1. The van der Waals surface area contributed by atoms with Crippen molar-refractivity contribution in [3.8, 4) is 11.1 Å². The predicted molar refractivity (Wildman–Crippen MR) is 109 cm³/mol. The number of carbonyl (C=O) groups excluding carboxylic acids is 1. The molecule has 1 aromatic heterocycles. The van der Waals surface area contributed by atoms with Gasteiger partial charge in [0.25, 0.3) is 0 Å². The van der Waals surface area contributed by atoms with Crippen LogP contribution in [0.25, 0.3) is 17.2 Å². The summed E-state index contributed by atoms with van der Waals surface area (Å²) in [6.45, 7) is 0.0229. The fourth-order valence-electron chi connectivity index (χ4n) is 2.66. The van der Waals surface area contributed by atoms with E-state index in [9.17, 15) is 13.8 Å². The van der Waals surface area contributed by atoms with E-state index in [1.807, 2.05) is 0 Å². The largest absolute Gasteiger partial charge is 0.326 e. The Kier molecular flexibility index (Phi) is 6.72. The van der Waals surface area contributed by atoms with Gasteiger partial charge in [0.1, 0.15) is 5.82 Å². The van der Waals surface area contributed by atoms with Gasteiger partial charge in [-0.1, -0.05) is 24.3 Å². The zero-order valence-corrected chi connectivity index (χ0v) is 16.5. The second kappa shape index (κ2) is 9.43. The standard InChI is InChI=1S/C20H19FN3O4P/c1-24-19(18(12-22-24)15-4-6-16(21)7-5-15)10-11-20(25)23-17-8-2-14(3-9-17)13-28-29(26)27/h2-12,29H,13H2,1H3,(H,23,25)(H,26,27). The van der Waals surface area contributed by atoms with Crippen molar-refractivity contribution < 1.29 is 23.2 Å². The highest BCUT2D eigenvalue weighted by molar-refractivity contribution is 7.32. The molecule has 9 heteroatoms. The van der Waals surface area contributed by atoms with Gasteiger partial charge in [0.2, 0.25) is 5.91 Å². The summed E-state index contributed by atoms with van der Waals surface area (Å²) >= 11 is 0. The topological polar surface area (TPSA) is 93.5 Å². The number of nitrogens with one attached hydrogen (secondary N) is 1. The minimum Gasteiger partial charge on any atom is -0.326 e. The highest BCUT2D eigenvalue weighted by Crippen LogP contribution is 2.24. The normalized spacial score (nSPS) is 12.2. The van der Waals surface area contributed by atoms with Gasteiger partial charge in [-0.15, -0.1) is 0 Å². The number of amides is 1. The van der Waals surface area contributed by atoms with Gasteiger partial charge < -0.3 is 14.7 Å². The number of carbonyl (C=O) groups is 1. The van der Waals surface area contributed by atoms with E-state index in [-0.39, 0.29) is 18.3 Å². The van der Waals surface area contributed by atoms with E-state index in [0.717, 1.165) is 11.1 Å². The number of benzene rings is 2. The van der Waals surface area contributed by atoms with Crippen LogP contribution in [0.15, 0.2) is 60.8 Å². The highest BCUT2D eigenvalue weighted by atomic mass is 31.1. The second-order valence-corrected chi connectivity index (χ2v) is 6.97. The number of halogens is 1. The molecule has 7 nitrogen and oxygen atoms in total. The smallest absolute Gasteiger partial charge is 0.316 e. The van der Waals surface area contributed by atoms with Crippen LogP contribution in [0, 0.1) is 5.82 Å². The lowest BCUT2D eigenvalue weighted by Crippen LogP contribution is -2.08. The molecule has 0 radical (unpaired) electrons. The van der Waals surface area contributed by atoms with Crippen molar-refractivity contribution in [3.05, 3.63) is 77.9 Å². The van der Waals surface area contributed by atoms with Crippen molar-refractivity contribution in [2.45, 2.75) is 6.61 Å². The Balaban J connectivity index is 1.67. The van der Waals surface area contributed by atoms with Gasteiger partial charge in [-0.25, -0.2) is 4.39 Å². The molecule has 1 amide bonds. The van der Waals surface area contributed by atoms with Crippen LogP contribution in [0.4, 0.5) is 10.1 Å². The third kappa shape index (κ3) is 5.71. The van der Waals surface area contributed by atoms with Gasteiger partial charge in [0, 0.05) is 24.4 Å². The lowest BCUT2D eigenvalue weighted by molar-refractivity contribution is -0.111. The zero-order valence-electron chi connectivity index (χ0n) is 15.5. The van der Waals surface area contributed by atoms with Gasteiger partial charge in [0.05, 0.1) is 18.5 Å². The molecule has 0 saturated carbocycles. The highest BCUT2D eigenvalue weighted by Gasteiger charge is 2.09. The predicted octanol–water partition coefficient (Wildman–Crippen LogP) is 3.78.